The van der Waals surface area contributed by atoms with E-state index in [2.05, 4.69) is 38.9 Å². The molecule has 3 aromatic rings. The van der Waals surface area contributed by atoms with Crippen molar-refractivity contribution in [1.29, 1.82) is 0 Å². The van der Waals surface area contributed by atoms with Crippen molar-refractivity contribution in [1.82, 2.24) is 15.3 Å². The van der Waals surface area contributed by atoms with Gasteiger partial charge < -0.3 is 5.32 Å². The zero-order chi connectivity index (χ0) is 13.1. The number of para-hydroxylation sites is 1. The summed E-state index contributed by atoms with van der Waals surface area (Å²) in [5.74, 6) is 0. The second kappa shape index (κ2) is 5.77. The lowest BCUT2D eigenvalue weighted by Gasteiger charge is -1.99. The van der Waals surface area contributed by atoms with E-state index in [0.29, 0.717) is 0 Å². The molecule has 0 aliphatic carbocycles. The van der Waals surface area contributed by atoms with E-state index in [9.17, 15) is 0 Å². The Labute approximate surface area is 120 Å². The van der Waals surface area contributed by atoms with Gasteiger partial charge in [-0.25, -0.2) is 9.97 Å². The van der Waals surface area contributed by atoms with E-state index in [-0.39, 0.29) is 0 Å². The first-order chi connectivity index (χ1) is 9.31. The van der Waals surface area contributed by atoms with Gasteiger partial charge in [0.2, 0.25) is 0 Å². The monoisotopic (exact) mass is 289 g/mol. The van der Waals surface area contributed by atoms with Gasteiger partial charge in [-0.3, -0.25) is 0 Å². The van der Waals surface area contributed by atoms with Gasteiger partial charge in [0, 0.05) is 24.9 Å². The predicted octanol–water partition coefficient (Wildman–Crippen LogP) is 3.39. The fourth-order valence-electron chi connectivity index (χ4n) is 1.93. The lowest BCUT2D eigenvalue weighted by molar-refractivity contribution is 0.675. The Morgan fingerprint density at radius 3 is 2.89 bits per heavy atom. The summed E-state index contributed by atoms with van der Waals surface area (Å²) in [6.45, 7) is 3.82. The van der Waals surface area contributed by atoms with Crippen LogP contribution < -0.4 is 5.32 Å². The summed E-state index contributed by atoms with van der Waals surface area (Å²) in [5.41, 5.74) is 2.24. The zero-order valence-electron chi connectivity index (χ0n) is 10.7. The van der Waals surface area contributed by atoms with Crippen molar-refractivity contribution in [3.05, 3.63) is 45.4 Å². The van der Waals surface area contributed by atoms with Crippen LogP contribution in [0, 0.1) is 6.92 Å². The zero-order valence-corrected chi connectivity index (χ0v) is 12.4. The van der Waals surface area contributed by atoms with Crippen molar-refractivity contribution in [3.8, 4) is 0 Å². The number of nitrogens with zero attached hydrogens (tertiary/aromatic N) is 2. The van der Waals surface area contributed by atoms with E-state index in [1.54, 1.807) is 22.7 Å². The van der Waals surface area contributed by atoms with E-state index in [1.807, 2.05) is 13.0 Å². The highest BCUT2D eigenvalue weighted by molar-refractivity contribution is 7.18. The van der Waals surface area contributed by atoms with Gasteiger partial charge in [-0.1, -0.05) is 12.1 Å². The fraction of sp³-hybridized carbons (Fsp3) is 0.286. The first-order valence-corrected chi connectivity index (χ1v) is 7.97. The van der Waals surface area contributed by atoms with Crippen LogP contribution in [-0.4, -0.2) is 16.5 Å². The molecule has 0 saturated heterocycles. The summed E-state index contributed by atoms with van der Waals surface area (Å²) in [5, 5.41) is 7.85. The number of rotatable bonds is 5. The van der Waals surface area contributed by atoms with Crippen molar-refractivity contribution in [2.75, 3.05) is 6.54 Å². The second-order valence-electron chi connectivity index (χ2n) is 4.36. The summed E-state index contributed by atoms with van der Waals surface area (Å²) in [4.78, 5) is 9.06. The molecule has 0 amide bonds. The first-order valence-electron chi connectivity index (χ1n) is 6.27. The molecule has 0 aliphatic heterocycles. The highest BCUT2D eigenvalue weighted by atomic mass is 32.1. The van der Waals surface area contributed by atoms with Crippen LogP contribution in [0.2, 0.25) is 0 Å². The topological polar surface area (TPSA) is 37.8 Å². The molecule has 0 fully saturated rings. The molecule has 2 aromatic heterocycles. The number of aryl methyl sites for hydroxylation is 1. The van der Waals surface area contributed by atoms with Gasteiger partial charge in [0.15, 0.2) is 0 Å². The van der Waals surface area contributed by atoms with Gasteiger partial charge in [-0.05, 0) is 19.1 Å². The van der Waals surface area contributed by atoms with Crippen LogP contribution in [0.15, 0.2) is 29.6 Å². The van der Waals surface area contributed by atoms with E-state index < -0.39 is 0 Å². The van der Waals surface area contributed by atoms with E-state index in [0.717, 1.165) is 35.7 Å². The molecule has 0 saturated carbocycles. The van der Waals surface area contributed by atoms with Gasteiger partial charge in [0.25, 0.3) is 0 Å². The van der Waals surface area contributed by atoms with Gasteiger partial charge >= 0.3 is 0 Å². The van der Waals surface area contributed by atoms with Crippen LogP contribution in [-0.2, 0) is 13.0 Å². The standard InChI is InChI=1S/C14H15N3S2/c1-10-16-11(9-18-10)8-15-7-6-14-17-12-4-2-3-5-13(12)19-14/h2-5,9,15H,6-8H2,1H3. The maximum absolute atomic E-state index is 4.63. The Hall–Kier alpha value is -1.30. The normalized spacial score (nSPS) is 11.2. The largest absolute Gasteiger partial charge is 0.311 e. The van der Waals surface area contributed by atoms with Gasteiger partial charge in [0.1, 0.15) is 0 Å². The molecule has 0 bridgehead atoms. The molecule has 3 nitrogen and oxygen atoms in total. The third-order valence-corrected chi connectivity index (χ3v) is 4.75. The van der Waals surface area contributed by atoms with Gasteiger partial charge in [-0.2, -0.15) is 0 Å². The van der Waals surface area contributed by atoms with Crippen molar-refractivity contribution >= 4 is 32.9 Å². The van der Waals surface area contributed by atoms with Crippen molar-refractivity contribution in [2.45, 2.75) is 19.9 Å². The summed E-state index contributed by atoms with van der Waals surface area (Å²) >= 11 is 3.48. The predicted molar refractivity (Wildman–Crippen MR) is 81.9 cm³/mol. The molecule has 19 heavy (non-hydrogen) atoms. The van der Waals surface area contributed by atoms with E-state index in [4.69, 9.17) is 0 Å². The molecular weight excluding hydrogens is 274 g/mol. The average Bonchev–Trinajstić information content (AvgIpc) is 3.00. The molecule has 2 heterocycles. The molecule has 3 rings (SSSR count). The number of hydrogen-bond acceptors (Lipinski definition) is 5. The summed E-state index contributed by atoms with van der Waals surface area (Å²) in [6, 6.07) is 8.30. The Kier molecular flexibility index (Phi) is 3.87. The Morgan fingerprint density at radius 1 is 1.21 bits per heavy atom. The molecular formula is C14H15N3S2. The minimum absolute atomic E-state index is 0.842. The van der Waals surface area contributed by atoms with Crippen molar-refractivity contribution in [3.63, 3.8) is 0 Å². The number of fused-ring (bicyclic) bond motifs is 1. The number of thiazole rings is 2. The van der Waals surface area contributed by atoms with Gasteiger partial charge in [-0.15, -0.1) is 22.7 Å². The maximum Gasteiger partial charge on any atom is 0.0951 e. The lowest BCUT2D eigenvalue weighted by Crippen LogP contribution is -2.16. The summed E-state index contributed by atoms with van der Waals surface area (Å²) < 4.78 is 1.27. The highest BCUT2D eigenvalue weighted by Crippen LogP contribution is 2.21. The average molecular weight is 289 g/mol. The molecule has 0 spiro atoms. The van der Waals surface area contributed by atoms with Crippen LogP contribution in [0.1, 0.15) is 15.7 Å². The highest BCUT2D eigenvalue weighted by Gasteiger charge is 2.03. The molecule has 1 N–H and O–H groups in total. The van der Waals surface area contributed by atoms with Crippen LogP contribution in [0.3, 0.4) is 0 Å². The lowest BCUT2D eigenvalue weighted by atomic mass is 10.3. The van der Waals surface area contributed by atoms with Gasteiger partial charge in [0.05, 0.1) is 25.9 Å². The minimum atomic E-state index is 0.842. The number of aromatic nitrogens is 2. The molecule has 0 unspecified atom stereocenters. The number of nitrogens with one attached hydrogen (secondary N) is 1. The van der Waals surface area contributed by atoms with Crippen LogP contribution in [0.5, 0.6) is 0 Å². The fourth-order valence-corrected chi connectivity index (χ4v) is 3.51. The third-order valence-electron chi connectivity index (χ3n) is 2.83. The smallest absolute Gasteiger partial charge is 0.0951 e. The second-order valence-corrected chi connectivity index (χ2v) is 6.54. The van der Waals surface area contributed by atoms with E-state index >= 15 is 0 Å². The quantitative estimate of drug-likeness (QED) is 0.732. The number of hydrogen-bond donors (Lipinski definition) is 1. The Balaban J connectivity index is 1.52. The molecule has 0 aliphatic rings. The Morgan fingerprint density at radius 2 is 2.11 bits per heavy atom. The van der Waals surface area contributed by atoms with Crippen molar-refractivity contribution < 1.29 is 0 Å². The summed E-state index contributed by atoms with van der Waals surface area (Å²) in [7, 11) is 0. The number of benzene rings is 1. The third kappa shape index (κ3) is 3.18. The van der Waals surface area contributed by atoms with Crippen LogP contribution in [0.25, 0.3) is 10.2 Å². The van der Waals surface area contributed by atoms with E-state index in [1.165, 1.54) is 9.71 Å². The molecule has 1 aromatic carbocycles. The maximum atomic E-state index is 4.63. The molecule has 5 heteroatoms. The SMILES string of the molecule is Cc1nc(CNCCc2nc3ccccc3s2)cs1. The Bertz CT molecular complexity index is 639. The molecule has 98 valence electrons. The molecule has 0 atom stereocenters. The summed E-state index contributed by atoms with van der Waals surface area (Å²) in [6.07, 6.45) is 0.975. The van der Waals surface area contributed by atoms with Crippen LogP contribution >= 0.6 is 22.7 Å². The first kappa shape index (κ1) is 12.7. The van der Waals surface area contributed by atoms with Crippen LogP contribution in [0.4, 0.5) is 0 Å². The minimum Gasteiger partial charge on any atom is -0.311 e. The molecule has 0 radical (unpaired) electrons. The van der Waals surface area contributed by atoms with Crippen molar-refractivity contribution in [2.24, 2.45) is 0 Å².